The molecule has 0 aromatic heterocycles. The second-order valence-corrected chi connectivity index (χ2v) is 7.01. The van der Waals surface area contributed by atoms with E-state index in [1.54, 1.807) is 21.3 Å². The third-order valence-electron chi connectivity index (χ3n) is 5.34. The number of benzene rings is 2. The van der Waals surface area contributed by atoms with Gasteiger partial charge >= 0.3 is 0 Å². The maximum Gasteiger partial charge on any atom is 0.275 e. The van der Waals surface area contributed by atoms with Crippen LogP contribution in [0.3, 0.4) is 0 Å². The molecule has 2 aromatic rings. The van der Waals surface area contributed by atoms with E-state index in [9.17, 15) is 4.79 Å². The lowest BCUT2D eigenvalue weighted by Crippen LogP contribution is -3.11. The van der Waals surface area contributed by atoms with Crippen LogP contribution < -0.4 is 24.4 Å². The van der Waals surface area contributed by atoms with Crippen LogP contribution in [0.1, 0.15) is 30.0 Å². The van der Waals surface area contributed by atoms with Gasteiger partial charge in [0.15, 0.2) is 6.54 Å². The molecule has 1 saturated heterocycles. The van der Waals surface area contributed by atoms with Gasteiger partial charge in [-0.25, -0.2) is 0 Å². The van der Waals surface area contributed by atoms with Crippen LogP contribution in [-0.4, -0.2) is 40.3 Å². The minimum absolute atomic E-state index is 0.0604. The summed E-state index contributed by atoms with van der Waals surface area (Å²) in [5, 5.41) is 3.03. The molecule has 6 nitrogen and oxygen atoms in total. The Balaban J connectivity index is 1.60. The molecule has 3 rings (SSSR count). The summed E-state index contributed by atoms with van der Waals surface area (Å²) in [5.41, 5.74) is 2.19. The predicted molar refractivity (Wildman–Crippen MR) is 107 cm³/mol. The van der Waals surface area contributed by atoms with E-state index < -0.39 is 0 Å². The second kappa shape index (κ2) is 9.46. The van der Waals surface area contributed by atoms with Gasteiger partial charge in [0.25, 0.3) is 5.91 Å². The van der Waals surface area contributed by atoms with Crippen molar-refractivity contribution in [1.29, 1.82) is 0 Å². The first kappa shape index (κ1) is 20.0. The molecule has 0 radical (unpaired) electrons. The number of hydrogen-bond acceptors (Lipinski definition) is 4. The topological polar surface area (TPSA) is 61.2 Å². The molecule has 0 bridgehead atoms. The van der Waals surface area contributed by atoms with E-state index in [0.717, 1.165) is 47.8 Å². The summed E-state index contributed by atoms with van der Waals surface area (Å²) in [6.45, 7) is 1.96. The molecule has 1 aliphatic rings. The Morgan fingerprint density at radius 3 is 2.43 bits per heavy atom. The Morgan fingerprint density at radius 1 is 1.04 bits per heavy atom. The van der Waals surface area contributed by atoms with E-state index in [0.29, 0.717) is 13.1 Å². The normalized spacial score (nSPS) is 18.5. The number of methoxy groups -OCH3 is 3. The highest BCUT2D eigenvalue weighted by atomic mass is 16.5. The van der Waals surface area contributed by atoms with Crippen molar-refractivity contribution in [3.63, 3.8) is 0 Å². The number of rotatable bonds is 8. The molecule has 28 heavy (non-hydrogen) atoms. The van der Waals surface area contributed by atoms with Crippen molar-refractivity contribution in [3.05, 3.63) is 53.6 Å². The Kier molecular flexibility index (Phi) is 6.76. The smallest absolute Gasteiger partial charge is 0.275 e. The molecule has 1 unspecified atom stereocenters. The summed E-state index contributed by atoms with van der Waals surface area (Å²) >= 11 is 0. The maximum absolute atomic E-state index is 12.5. The van der Waals surface area contributed by atoms with Crippen LogP contribution in [0.15, 0.2) is 42.5 Å². The number of nitrogens with one attached hydrogen (secondary N) is 2. The lowest BCUT2D eigenvalue weighted by Gasteiger charge is -2.23. The van der Waals surface area contributed by atoms with Gasteiger partial charge in [0, 0.05) is 25.5 Å². The lowest BCUT2D eigenvalue weighted by molar-refractivity contribution is -0.910. The van der Waals surface area contributed by atoms with Gasteiger partial charge in [-0.15, -0.1) is 0 Å². The van der Waals surface area contributed by atoms with Crippen molar-refractivity contribution in [2.24, 2.45) is 0 Å². The summed E-state index contributed by atoms with van der Waals surface area (Å²) in [5.74, 6) is 2.47. The first-order chi connectivity index (χ1) is 13.6. The molecule has 1 heterocycles. The fourth-order valence-electron chi connectivity index (χ4n) is 3.82. The van der Waals surface area contributed by atoms with Gasteiger partial charge in [-0.3, -0.25) is 4.79 Å². The highest BCUT2D eigenvalue weighted by molar-refractivity contribution is 5.76. The van der Waals surface area contributed by atoms with Crippen LogP contribution >= 0.6 is 0 Å². The van der Waals surface area contributed by atoms with Crippen LogP contribution in [0.4, 0.5) is 0 Å². The predicted octanol–water partition coefficient (Wildman–Crippen LogP) is 1.75. The molecule has 1 fully saturated rings. The number of amides is 1. The number of carbonyl (C=O) groups excluding carboxylic acids is 1. The molecule has 150 valence electrons. The van der Waals surface area contributed by atoms with E-state index in [4.69, 9.17) is 14.2 Å². The van der Waals surface area contributed by atoms with Gasteiger partial charge in [-0.2, -0.15) is 0 Å². The van der Waals surface area contributed by atoms with Crippen molar-refractivity contribution >= 4 is 5.91 Å². The van der Waals surface area contributed by atoms with Crippen molar-refractivity contribution in [3.8, 4) is 17.2 Å². The van der Waals surface area contributed by atoms with Gasteiger partial charge in [0.2, 0.25) is 0 Å². The molecule has 1 amide bonds. The van der Waals surface area contributed by atoms with Crippen LogP contribution in [-0.2, 0) is 11.3 Å². The van der Waals surface area contributed by atoms with Crippen LogP contribution in [0.25, 0.3) is 0 Å². The van der Waals surface area contributed by atoms with Crippen molar-refractivity contribution < 1.29 is 23.9 Å². The highest BCUT2D eigenvalue weighted by Gasteiger charge is 2.33. The first-order valence-electron chi connectivity index (χ1n) is 9.60. The third kappa shape index (κ3) is 4.75. The molecule has 2 atom stereocenters. The fourth-order valence-corrected chi connectivity index (χ4v) is 3.82. The first-order valence-corrected chi connectivity index (χ1v) is 9.60. The average molecular weight is 385 g/mol. The minimum atomic E-state index is 0.0604. The van der Waals surface area contributed by atoms with Gasteiger partial charge < -0.3 is 24.4 Å². The lowest BCUT2D eigenvalue weighted by atomic mass is 10.0. The zero-order valence-electron chi connectivity index (χ0n) is 16.8. The number of likely N-dealkylation sites (tertiary alicyclic amines) is 1. The van der Waals surface area contributed by atoms with Gasteiger partial charge in [0.05, 0.1) is 33.4 Å². The number of carbonyl (C=O) groups is 1. The molecule has 0 aliphatic carbocycles. The van der Waals surface area contributed by atoms with E-state index in [-0.39, 0.29) is 11.9 Å². The molecular weight excluding hydrogens is 356 g/mol. The van der Waals surface area contributed by atoms with Crippen molar-refractivity contribution in [2.75, 3.05) is 34.4 Å². The van der Waals surface area contributed by atoms with Gasteiger partial charge in [-0.05, 0) is 29.8 Å². The molecule has 0 spiro atoms. The minimum Gasteiger partial charge on any atom is -0.497 e. The standard InChI is InChI=1S/C22H28N2O4/c1-26-17-8-6-16(7-9-17)14-23-22(25)15-24-12-4-5-20(24)19-11-10-18(27-2)13-21(19)28-3/h6-11,13,20H,4-5,12,14-15H2,1-3H3,(H,23,25)/p+1/t20-/m0/s1. The maximum atomic E-state index is 12.5. The molecule has 0 saturated carbocycles. The zero-order chi connectivity index (χ0) is 19.9. The Labute approximate surface area is 166 Å². The Hall–Kier alpha value is -2.73. The van der Waals surface area contributed by atoms with Gasteiger partial charge in [0.1, 0.15) is 23.3 Å². The van der Waals surface area contributed by atoms with Crippen LogP contribution in [0, 0.1) is 0 Å². The van der Waals surface area contributed by atoms with E-state index in [1.807, 2.05) is 36.4 Å². The van der Waals surface area contributed by atoms with Crippen LogP contribution in [0.2, 0.25) is 0 Å². The molecule has 2 N–H and O–H groups in total. The number of ether oxygens (including phenoxy) is 3. The van der Waals surface area contributed by atoms with Crippen molar-refractivity contribution in [1.82, 2.24) is 5.32 Å². The Bertz CT molecular complexity index is 792. The van der Waals surface area contributed by atoms with E-state index in [2.05, 4.69) is 11.4 Å². The quantitative estimate of drug-likeness (QED) is 0.727. The van der Waals surface area contributed by atoms with E-state index >= 15 is 0 Å². The van der Waals surface area contributed by atoms with Crippen molar-refractivity contribution in [2.45, 2.75) is 25.4 Å². The summed E-state index contributed by atoms with van der Waals surface area (Å²) in [4.78, 5) is 13.8. The third-order valence-corrected chi connectivity index (χ3v) is 5.34. The fraction of sp³-hybridized carbons (Fsp3) is 0.409. The SMILES string of the molecule is COc1ccc(CNC(=O)C[NH+]2CCC[C@H]2c2ccc(OC)cc2OC)cc1. The second-order valence-electron chi connectivity index (χ2n) is 7.01. The number of hydrogen-bond donors (Lipinski definition) is 2. The summed E-state index contributed by atoms with van der Waals surface area (Å²) in [6, 6.07) is 13.9. The summed E-state index contributed by atoms with van der Waals surface area (Å²) in [6.07, 6.45) is 2.14. The highest BCUT2D eigenvalue weighted by Crippen LogP contribution is 2.31. The number of quaternary nitrogens is 1. The molecule has 2 aromatic carbocycles. The largest absolute Gasteiger partial charge is 0.497 e. The monoisotopic (exact) mass is 385 g/mol. The van der Waals surface area contributed by atoms with Crippen LogP contribution in [0.5, 0.6) is 17.2 Å². The average Bonchev–Trinajstić information content (AvgIpc) is 3.19. The summed E-state index contributed by atoms with van der Waals surface area (Å²) in [7, 11) is 4.97. The summed E-state index contributed by atoms with van der Waals surface area (Å²) < 4.78 is 16.0. The molecule has 6 heteroatoms. The van der Waals surface area contributed by atoms with E-state index in [1.165, 1.54) is 4.90 Å². The zero-order valence-corrected chi connectivity index (χ0v) is 16.8. The Morgan fingerprint density at radius 2 is 1.75 bits per heavy atom. The molecule has 1 aliphatic heterocycles. The molecular formula is C22H29N2O4+. The van der Waals surface area contributed by atoms with Gasteiger partial charge in [-0.1, -0.05) is 12.1 Å².